The van der Waals surface area contributed by atoms with Crippen molar-refractivity contribution in [2.24, 2.45) is 0 Å². The minimum Gasteiger partial charge on any atom is -0.214 e. The first-order chi connectivity index (χ1) is 1.73. The van der Waals surface area contributed by atoms with Crippen LogP contribution in [0.3, 0.4) is 0 Å². The molecule has 0 aromatic carbocycles. The van der Waals surface area contributed by atoms with Crippen molar-refractivity contribution in [1.29, 1.82) is 0 Å². The van der Waals surface area contributed by atoms with E-state index < -0.39 is 11.4 Å². The van der Waals surface area contributed by atoms with Crippen LogP contribution in [-0.4, -0.2) is 22.3 Å². The van der Waals surface area contributed by atoms with Crippen molar-refractivity contribution in [3.63, 3.8) is 0 Å². The number of halogens is 3. The fourth-order valence-electron chi connectivity index (χ4n) is 0. The van der Waals surface area contributed by atoms with Gasteiger partial charge in [-0.15, -0.1) is 0 Å². The van der Waals surface area contributed by atoms with Crippen molar-refractivity contribution in [1.82, 2.24) is 0 Å². The maximum absolute atomic E-state index is 4.94. The predicted octanol–water partition coefficient (Wildman–Crippen LogP) is 1.30. The van der Waals surface area contributed by atoms with Crippen LogP contribution in [0.25, 0.3) is 0 Å². The van der Waals surface area contributed by atoms with Crippen LogP contribution in [0.2, 0.25) is 0 Å². The van der Waals surface area contributed by atoms with Crippen molar-refractivity contribution in [2.75, 3.05) is 0 Å². The fraction of sp³-hybridized carbons (Fsp3) is 0. The quantitative estimate of drug-likeness (QED) is 0.536. The molecule has 0 amide bonds. The van der Waals surface area contributed by atoms with E-state index in [0.29, 0.717) is 0 Å². The van der Waals surface area contributed by atoms with E-state index in [-0.39, 0.29) is 28.0 Å². The summed E-state index contributed by atoms with van der Waals surface area (Å²) in [6.45, 7) is 0. The second-order valence-corrected chi connectivity index (χ2v) is 6.68. The number of rotatable bonds is 0. The zero-order valence-electron chi connectivity index (χ0n) is 2.59. The van der Waals surface area contributed by atoms with Gasteiger partial charge in [-0.3, -0.25) is 0 Å². The van der Waals surface area contributed by atoms with Crippen molar-refractivity contribution in [2.45, 2.75) is 0 Å². The molecule has 6 heavy (non-hydrogen) atoms. The zero-order chi connectivity index (χ0) is 3.58. The molecule has 0 saturated heterocycles. The Morgan fingerprint density at radius 1 is 1.00 bits per heavy atom. The molecule has 0 N–H and O–H groups in total. The van der Waals surface area contributed by atoms with Crippen LogP contribution in [0.4, 0.5) is 0 Å². The smallest absolute Gasteiger partial charge is 0.214 e. The van der Waals surface area contributed by atoms with Gasteiger partial charge in [0.05, 0.1) is 0 Å². The molecule has 0 unspecified atom stereocenters. The maximum Gasteiger partial charge on any atom is 0.643 e. The summed E-state index contributed by atoms with van der Waals surface area (Å²) in [4.78, 5) is 0. The van der Waals surface area contributed by atoms with E-state index in [4.69, 9.17) is 30.1 Å². The maximum atomic E-state index is 4.94. The summed E-state index contributed by atoms with van der Waals surface area (Å²) in [6.07, 6.45) is 0. The molecule has 0 aromatic heterocycles. The third-order valence-electron chi connectivity index (χ3n) is 0. The van der Waals surface area contributed by atoms with Crippen molar-refractivity contribution in [3.8, 4) is 0 Å². The van der Waals surface area contributed by atoms with Gasteiger partial charge in [-0.1, -0.05) is 0 Å². The topological polar surface area (TPSA) is 0 Å². The van der Waals surface area contributed by atoms with Gasteiger partial charge in [0.25, 0.3) is 0 Å². The van der Waals surface area contributed by atoms with Crippen molar-refractivity contribution < 1.29 is 17.1 Å². The summed E-state index contributed by atoms with van der Waals surface area (Å²) in [5.74, 6) is 0. The van der Waals surface area contributed by atoms with Gasteiger partial charge in [-0.25, -0.2) is 30.1 Å². The van der Waals surface area contributed by atoms with Crippen molar-refractivity contribution >= 4 is 52.5 Å². The molecule has 0 fully saturated rings. The van der Waals surface area contributed by atoms with Gasteiger partial charge in [0, 0.05) is 28.0 Å². The minimum atomic E-state index is -1.72. The summed E-state index contributed by atoms with van der Waals surface area (Å²) in [5, 5.41) is 0. The summed E-state index contributed by atoms with van der Waals surface area (Å²) in [5.41, 5.74) is 0. The first-order valence-electron chi connectivity index (χ1n) is 0.655. The predicted molar refractivity (Wildman–Crippen MR) is 29.1 cm³/mol. The third kappa shape index (κ3) is 35.4. The molecular formula is AlCl3MnSi. The van der Waals surface area contributed by atoms with Gasteiger partial charge in [-0.2, -0.15) is 0 Å². The van der Waals surface area contributed by atoms with E-state index in [9.17, 15) is 0 Å². The van der Waals surface area contributed by atoms with Crippen LogP contribution in [-0.2, 0) is 17.1 Å². The molecule has 0 atom stereocenters. The Hall–Kier alpha value is 2.14. The first kappa shape index (κ1) is 15.7. The second-order valence-electron chi connectivity index (χ2n) is 0.247. The summed E-state index contributed by atoms with van der Waals surface area (Å²) < 4.78 is 0. The SMILES string of the molecule is [Cl][Al]([Cl])[Cl].[Mn].[Si]. The van der Waals surface area contributed by atoms with Gasteiger partial charge < -0.3 is 0 Å². The zero-order valence-corrected chi connectivity index (χ0v) is 8.19. The average molecular weight is 216 g/mol. The molecule has 5 radical (unpaired) electrons. The van der Waals surface area contributed by atoms with E-state index >= 15 is 0 Å². The van der Waals surface area contributed by atoms with Crippen molar-refractivity contribution in [3.05, 3.63) is 0 Å². The monoisotopic (exact) mass is 215 g/mol. The molecule has 0 heterocycles. The van der Waals surface area contributed by atoms with Crippen LogP contribution < -0.4 is 0 Å². The molecular weight excluding hydrogens is 216 g/mol. The van der Waals surface area contributed by atoms with Crippen LogP contribution in [0.15, 0.2) is 0 Å². The first-order valence-corrected chi connectivity index (χ1v) is 5.89. The van der Waals surface area contributed by atoms with Gasteiger partial charge in [0.1, 0.15) is 0 Å². The Labute approximate surface area is 69.0 Å². The molecule has 0 nitrogen and oxygen atoms in total. The third-order valence-corrected chi connectivity index (χ3v) is 0. The van der Waals surface area contributed by atoms with Crippen LogP contribution in [0.1, 0.15) is 0 Å². The van der Waals surface area contributed by atoms with Crippen LogP contribution in [0.5, 0.6) is 0 Å². The standard InChI is InChI=1S/Al.3ClH.Mn.Si/h;3*1H;;/q+3;;;;;/p-3. The van der Waals surface area contributed by atoms with Crippen LogP contribution >= 0.6 is 30.1 Å². The molecule has 6 heteroatoms. The molecule has 0 aliphatic rings. The molecule has 0 bridgehead atoms. The van der Waals surface area contributed by atoms with Crippen LogP contribution in [0, 0.1) is 0 Å². The van der Waals surface area contributed by atoms with E-state index in [1.807, 2.05) is 0 Å². The number of hydrogen-bond acceptors (Lipinski definition) is 0. The average Bonchev–Trinajstić information content (AvgIpc) is 0.811. The Kier molecular flexibility index (Phi) is 26.7. The Bertz CT molecular complexity index is 15.5. The summed E-state index contributed by atoms with van der Waals surface area (Å²) in [7, 11) is 14.8. The Balaban J connectivity index is -0.0000000450. The molecule has 0 aliphatic heterocycles. The Morgan fingerprint density at radius 3 is 1.00 bits per heavy atom. The summed E-state index contributed by atoms with van der Waals surface area (Å²) >= 11 is -1.72. The molecule has 0 saturated carbocycles. The molecule has 0 rings (SSSR count). The normalized spacial score (nSPS) is 4.50. The van der Waals surface area contributed by atoms with E-state index in [1.165, 1.54) is 0 Å². The van der Waals surface area contributed by atoms with E-state index in [2.05, 4.69) is 0 Å². The number of hydrogen-bond donors (Lipinski definition) is 0. The molecule has 0 aliphatic carbocycles. The van der Waals surface area contributed by atoms with E-state index in [1.54, 1.807) is 0 Å². The molecule has 0 spiro atoms. The largest absolute Gasteiger partial charge is 0.643 e. The Morgan fingerprint density at radius 2 is 1.00 bits per heavy atom. The van der Waals surface area contributed by atoms with Gasteiger partial charge >= 0.3 is 11.4 Å². The fourth-order valence-corrected chi connectivity index (χ4v) is 0. The van der Waals surface area contributed by atoms with Gasteiger partial charge in [-0.05, 0) is 0 Å². The summed E-state index contributed by atoms with van der Waals surface area (Å²) in [6, 6.07) is 0. The second kappa shape index (κ2) is 10.2. The minimum absolute atomic E-state index is 0. The van der Waals surface area contributed by atoms with E-state index in [0.717, 1.165) is 0 Å². The molecule has 35 valence electrons. The van der Waals surface area contributed by atoms with Gasteiger partial charge in [0.15, 0.2) is 0 Å². The molecule has 0 aromatic rings. The van der Waals surface area contributed by atoms with Gasteiger partial charge in [0.2, 0.25) is 0 Å².